The molecule has 0 unspecified atom stereocenters. The van der Waals surface area contributed by atoms with E-state index in [9.17, 15) is 0 Å². The minimum atomic E-state index is -0.551. The van der Waals surface area contributed by atoms with Gasteiger partial charge in [-0.15, -0.1) is 11.3 Å². The Labute approximate surface area is 363 Å². The zero-order valence-electron chi connectivity index (χ0n) is 33.5. The topological polar surface area (TPSA) is 51.6 Å². The third-order valence-electron chi connectivity index (χ3n) is 12.3. The Morgan fingerprint density at radius 3 is 1.66 bits per heavy atom. The second kappa shape index (κ2) is 14.7. The largest absolute Gasteiger partial charge is 0.252 e. The van der Waals surface area contributed by atoms with Crippen LogP contribution in [0.1, 0.15) is 22.3 Å². The van der Waals surface area contributed by atoms with Crippen LogP contribution in [-0.4, -0.2) is 19.9 Å². The minimum absolute atomic E-state index is 0.519. The molecule has 0 spiro atoms. The predicted octanol–water partition coefficient (Wildman–Crippen LogP) is 14.3. The van der Waals surface area contributed by atoms with Crippen molar-refractivity contribution in [3.63, 3.8) is 0 Å². The van der Waals surface area contributed by atoms with Gasteiger partial charge in [-0.3, -0.25) is 4.98 Å². The van der Waals surface area contributed by atoms with E-state index in [0.717, 1.165) is 38.9 Å². The van der Waals surface area contributed by atoms with E-state index in [2.05, 4.69) is 200 Å². The SMILES string of the molecule is c1ccc(-c2ccc(-c3nc(-c4ccc(-c5cccc6c5sc5ccccc56)cn4)nc(-c4cccc5c4-c4ccccc4C5(c4ccccc4)c4ccccc4)n3)cc2)cc1. The molecule has 11 aromatic rings. The van der Waals surface area contributed by atoms with Crippen molar-refractivity contribution >= 4 is 31.5 Å². The molecular weight excluding hydrogens is 773 g/mol. The van der Waals surface area contributed by atoms with Crippen molar-refractivity contribution in [3.8, 4) is 67.7 Å². The number of pyridine rings is 1. The fraction of sp³-hybridized carbons (Fsp3) is 0.0175. The maximum Gasteiger partial charge on any atom is 0.182 e. The Hall–Kier alpha value is -7.86. The summed E-state index contributed by atoms with van der Waals surface area (Å²) in [5.74, 6) is 1.71. The van der Waals surface area contributed by atoms with E-state index in [0.29, 0.717) is 23.2 Å². The first-order valence-corrected chi connectivity index (χ1v) is 21.7. The van der Waals surface area contributed by atoms with Gasteiger partial charge >= 0.3 is 0 Å². The van der Waals surface area contributed by atoms with Crippen molar-refractivity contribution in [2.24, 2.45) is 0 Å². The highest BCUT2D eigenvalue weighted by Crippen LogP contribution is 2.58. The molecule has 3 aromatic heterocycles. The van der Waals surface area contributed by atoms with Crippen LogP contribution in [0.4, 0.5) is 0 Å². The predicted molar refractivity (Wildman–Crippen MR) is 255 cm³/mol. The van der Waals surface area contributed by atoms with Crippen LogP contribution in [0.3, 0.4) is 0 Å². The van der Waals surface area contributed by atoms with Gasteiger partial charge in [-0.2, -0.15) is 0 Å². The molecule has 62 heavy (non-hydrogen) atoms. The first-order valence-electron chi connectivity index (χ1n) is 20.9. The van der Waals surface area contributed by atoms with Gasteiger partial charge in [0, 0.05) is 48.6 Å². The molecule has 5 heteroatoms. The van der Waals surface area contributed by atoms with Gasteiger partial charge in [0.1, 0.15) is 5.69 Å². The minimum Gasteiger partial charge on any atom is -0.252 e. The van der Waals surface area contributed by atoms with Gasteiger partial charge in [-0.05, 0) is 56.6 Å². The highest BCUT2D eigenvalue weighted by atomic mass is 32.1. The molecule has 8 aromatic carbocycles. The van der Waals surface area contributed by atoms with Gasteiger partial charge in [0.15, 0.2) is 17.5 Å². The lowest BCUT2D eigenvalue weighted by atomic mass is 9.67. The summed E-state index contributed by atoms with van der Waals surface area (Å²) < 4.78 is 2.54. The van der Waals surface area contributed by atoms with Gasteiger partial charge in [0.25, 0.3) is 0 Å². The molecule has 0 radical (unpaired) electrons. The molecule has 0 fully saturated rings. The zero-order chi connectivity index (χ0) is 41.0. The zero-order valence-corrected chi connectivity index (χ0v) is 34.3. The van der Waals surface area contributed by atoms with Crippen LogP contribution in [0.15, 0.2) is 219 Å². The van der Waals surface area contributed by atoms with Crippen molar-refractivity contribution in [1.29, 1.82) is 0 Å². The van der Waals surface area contributed by atoms with E-state index in [4.69, 9.17) is 19.9 Å². The number of hydrogen-bond acceptors (Lipinski definition) is 5. The summed E-state index contributed by atoms with van der Waals surface area (Å²) in [5.41, 5.74) is 13.6. The fourth-order valence-electron chi connectivity index (χ4n) is 9.52. The van der Waals surface area contributed by atoms with Crippen molar-refractivity contribution in [1.82, 2.24) is 19.9 Å². The van der Waals surface area contributed by atoms with Crippen LogP contribution in [0.5, 0.6) is 0 Å². The molecular formula is C57H36N4S. The molecule has 12 rings (SSSR count). The fourth-order valence-corrected chi connectivity index (χ4v) is 10.8. The quantitative estimate of drug-likeness (QED) is 0.161. The van der Waals surface area contributed by atoms with Crippen molar-refractivity contribution in [2.45, 2.75) is 5.41 Å². The number of nitrogens with zero attached hydrogens (tertiary/aromatic N) is 4. The summed E-state index contributed by atoms with van der Waals surface area (Å²) in [5, 5.41) is 2.54. The molecule has 0 atom stereocenters. The van der Waals surface area contributed by atoms with Crippen LogP contribution in [-0.2, 0) is 5.41 Å². The molecule has 0 aliphatic heterocycles. The molecule has 0 N–H and O–H groups in total. The van der Waals surface area contributed by atoms with E-state index < -0.39 is 5.41 Å². The van der Waals surface area contributed by atoms with Crippen LogP contribution in [0.25, 0.3) is 87.8 Å². The Morgan fingerprint density at radius 1 is 0.355 bits per heavy atom. The van der Waals surface area contributed by atoms with E-state index in [1.165, 1.54) is 48.0 Å². The summed E-state index contributed by atoms with van der Waals surface area (Å²) >= 11 is 1.82. The number of rotatable bonds is 7. The van der Waals surface area contributed by atoms with Crippen molar-refractivity contribution in [2.75, 3.05) is 0 Å². The maximum absolute atomic E-state index is 5.32. The van der Waals surface area contributed by atoms with Crippen molar-refractivity contribution < 1.29 is 0 Å². The summed E-state index contributed by atoms with van der Waals surface area (Å²) in [4.78, 5) is 20.9. The lowest BCUT2D eigenvalue weighted by Gasteiger charge is -2.33. The summed E-state index contributed by atoms with van der Waals surface area (Å²) in [6, 6.07) is 75.4. The highest BCUT2D eigenvalue weighted by molar-refractivity contribution is 7.26. The maximum atomic E-state index is 5.32. The van der Waals surface area contributed by atoms with Gasteiger partial charge < -0.3 is 0 Å². The summed E-state index contributed by atoms with van der Waals surface area (Å²) in [7, 11) is 0. The molecule has 1 aliphatic carbocycles. The monoisotopic (exact) mass is 808 g/mol. The number of thiophene rings is 1. The van der Waals surface area contributed by atoms with Gasteiger partial charge in [-0.1, -0.05) is 200 Å². The summed E-state index contributed by atoms with van der Waals surface area (Å²) in [6.45, 7) is 0. The molecule has 4 nitrogen and oxygen atoms in total. The lowest BCUT2D eigenvalue weighted by molar-refractivity contribution is 0.768. The molecule has 290 valence electrons. The second-order valence-corrected chi connectivity index (χ2v) is 16.8. The Balaban J connectivity index is 1.05. The van der Waals surface area contributed by atoms with E-state index in [1.807, 2.05) is 29.7 Å². The summed E-state index contributed by atoms with van der Waals surface area (Å²) in [6.07, 6.45) is 1.96. The van der Waals surface area contributed by atoms with Gasteiger partial charge in [-0.25, -0.2) is 15.0 Å². The van der Waals surface area contributed by atoms with Crippen LogP contribution in [0.2, 0.25) is 0 Å². The van der Waals surface area contributed by atoms with Gasteiger partial charge in [0.05, 0.1) is 5.41 Å². The normalized spacial score (nSPS) is 12.6. The molecule has 1 aliphatic rings. The molecule has 0 saturated carbocycles. The van der Waals surface area contributed by atoms with Gasteiger partial charge in [0.2, 0.25) is 0 Å². The first-order chi connectivity index (χ1) is 30.7. The van der Waals surface area contributed by atoms with Crippen LogP contribution >= 0.6 is 11.3 Å². The van der Waals surface area contributed by atoms with Crippen molar-refractivity contribution in [3.05, 3.63) is 241 Å². The van der Waals surface area contributed by atoms with E-state index in [1.54, 1.807) is 0 Å². The molecule has 0 bridgehead atoms. The number of benzene rings is 8. The average Bonchev–Trinajstić information content (AvgIpc) is 3.89. The van der Waals surface area contributed by atoms with Crippen LogP contribution in [0, 0.1) is 0 Å². The third kappa shape index (κ3) is 5.74. The Bertz CT molecular complexity index is 3400. The highest BCUT2D eigenvalue weighted by Gasteiger charge is 2.47. The van der Waals surface area contributed by atoms with E-state index in [-0.39, 0.29) is 0 Å². The second-order valence-electron chi connectivity index (χ2n) is 15.7. The van der Waals surface area contributed by atoms with E-state index >= 15 is 0 Å². The Kier molecular flexibility index (Phi) is 8.54. The lowest BCUT2D eigenvalue weighted by Crippen LogP contribution is -2.28. The number of aromatic nitrogens is 4. The standard InChI is InChI=1S/C57H36N4S/c1-4-16-37(17-5-1)38-30-32-39(33-31-38)54-59-55(61-56(60-54)50-35-34-40(36-58-50)43-24-14-25-45-44-22-11-13-29-51(44)62-53(43)45)47-26-15-28-49-52(47)46-23-10-12-27-48(46)57(49,41-18-6-2-7-19-41)42-20-8-3-9-21-42/h1-36H. The van der Waals surface area contributed by atoms with Crippen LogP contribution < -0.4 is 0 Å². The number of fused-ring (bicyclic) bond motifs is 6. The molecule has 0 saturated heterocycles. The Morgan fingerprint density at radius 2 is 0.903 bits per heavy atom. The average molecular weight is 809 g/mol. The molecule has 0 amide bonds. The number of hydrogen-bond donors (Lipinski definition) is 0. The first kappa shape index (κ1) is 36.0. The smallest absolute Gasteiger partial charge is 0.182 e. The molecule has 3 heterocycles. The third-order valence-corrected chi connectivity index (χ3v) is 13.5.